The molecule has 0 saturated heterocycles. The van der Waals surface area contributed by atoms with Crippen molar-refractivity contribution < 1.29 is 9.13 Å². The quantitative estimate of drug-likeness (QED) is 0.579. The normalized spacial score (nSPS) is 10.1. The molecule has 0 aromatic heterocycles. The van der Waals surface area contributed by atoms with Crippen LogP contribution in [0.5, 0.6) is 0 Å². The molecule has 0 aliphatic rings. The Morgan fingerprint density at radius 1 is 1.50 bits per heavy atom. The molecule has 0 aliphatic heterocycles. The van der Waals surface area contributed by atoms with E-state index in [0.717, 1.165) is 10.9 Å². The van der Waals surface area contributed by atoms with Gasteiger partial charge in [0.15, 0.2) is 0 Å². The second-order valence-electron chi connectivity index (χ2n) is 2.87. The molecule has 1 aromatic carbocycles. The van der Waals surface area contributed by atoms with Crippen LogP contribution in [-0.2, 0) is 11.3 Å². The minimum absolute atomic E-state index is 0.230. The smallest absolute Gasteiger partial charge is 0.128 e. The fourth-order valence-corrected chi connectivity index (χ4v) is 1.41. The molecule has 76 valence electrons. The Labute approximate surface area is 91.7 Å². The zero-order valence-corrected chi connectivity index (χ0v) is 9.39. The van der Waals surface area contributed by atoms with E-state index in [1.807, 2.05) is 0 Å². The van der Waals surface area contributed by atoms with Crippen molar-refractivity contribution >= 4 is 15.9 Å². The van der Waals surface area contributed by atoms with Crippen molar-refractivity contribution in [2.24, 2.45) is 0 Å². The Bertz CT molecular complexity index is 312. The van der Waals surface area contributed by atoms with Crippen LogP contribution in [0, 0.1) is 5.82 Å². The zero-order chi connectivity index (χ0) is 10.4. The van der Waals surface area contributed by atoms with Gasteiger partial charge in [0, 0.05) is 10.0 Å². The molecule has 0 fully saturated rings. The first-order chi connectivity index (χ1) is 6.74. The molecule has 0 saturated carbocycles. The van der Waals surface area contributed by atoms with Gasteiger partial charge in [-0.2, -0.15) is 0 Å². The molecule has 0 bridgehead atoms. The molecule has 0 aliphatic carbocycles. The molecule has 1 nitrogen and oxygen atoms in total. The molecule has 0 heterocycles. The molecule has 0 unspecified atom stereocenters. The summed E-state index contributed by atoms with van der Waals surface area (Å²) in [5.74, 6) is -0.230. The summed E-state index contributed by atoms with van der Waals surface area (Å²) in [6, 6.07) is 4.82. The fourth-order valence-electron chi connectivity index (χ4n) is 1.00. The molecule has 0 radical (unpaired) electrons. The Morgan fingerprint density at radius 2 is 2.29 bits per heavy atom. The van der Waals surface area contributed by atoms with Crippen molar-refractivity contribution in [1.29, 1.82) is 0 Å². The van der Waals surface area contributed by atoms with E-state index in [-0.39, 0.29) is 5.82 Å². The van der Waals surface area contributed by atoms with E-state index in [9.17, 15) is 4.39 Å². The number of ether oxygens (including phenoxy) is 1. The van der Waals surface area contributed by atoms with Crippen molar-refractivity contribution in [3.8, 4) is 0 Å². The summed E-state index contributed by atoms with van der Waals surface area (Å²) in [6.45, 7) is 4.46. The highest BCUT2D eigenvalue weighted by Gasteiger charge is 2.02. The van der Waals surface area contributed by atoms with Crippen molar-refractivity contribution in [3.05, 3.63) is 46.7 Å². The third-order valence-corrected chi connectivity index (χ3v) is 2.22. The average Bonchev–Trinajstić information content (AvgIpc) is 2.18. The highest BCUT2D eigenvalue weighted by Crippen LogP contribution is 2.16. The van der Waals surface area contributed by atoms with E-state index >= 15 is 0 Å². The van der Waals surface area contributed by atoms with Crippen molar-refractivity contribution in [2.45, 2.75) is 13.0 Å². The van der Waals surface area contributed by atoms with E-state index < -0.39 is 0 Å². The SMILES string of the molecule is C=CCCOCc1cc(Br)ccc1F. The average molecular weight is 259 g/mol. The number of hydrogen-bond acceptors (Lipinski definition) is 1. The van der Waals surface area contributed by atoms with Crippen LogP contribution in [-0.4, -0.2) is 6.61 Å². The van der Waals surface area contributed by atoms with Crippen LogP contribution < -0.4 is 0 Å². The molecule has 0 atom stereocenters. The Balaban J connectivity index is 2.49. The molecule has 0 N–H and O–H groups in total. The van der Waals surface area contributed by atoms with Gasteiger partial charge in [-0.25, -0.2) is 4.39 Å². The summed E-state index contributed by atoms with van der Waals surface area (Å²) >= 11 is 3.28. The number of hydrogen-bond donors (Lipinski definition) is 0. The minimum atomic E-state index is -0.230. The van der Waals surface area contributed by atoms with Crippen LogP contribution in [0.2, 0.25) is 0 Å². The summed E-state index contributed by atoms with van der Waals surface area (Å²) in [6.07, 6.45) is 2.56. The van der Waals surface area contributed by atoms with Gasteiger partial charge in [0.1, 0.15) is 5.82 Å². The highest BCUT2D eigenvalue weighted by molar-refractivity contribution is 9.10. The van der Waals surface area contributed by atoms with Crippen molar-refractivity contribution in [3.63, 3.8) is 0 Å². The summed E-state index contributed by atoms with van der Waals surface area (Å²) in [7, 11) is 0. The summed E-state index contributed by atoms with van der Waals surface area (Å²) < 4.78 is 19.3. The Hall–Kier alpha value is -0.670. The predicted octanol–water partition coefficient (Wildman–Crippen LogP) is 3.68. The van der Waals surface area contributed by atoms with Crippen LogP contribution in [0.3, 0.4) is 0 Å². The monoisotopic (exact) mass is 258 g/mol. The van der Waals surface area contributed by atoms with Crippen LogP contribution in [0.4, 0.5) is 4.39 Å². The van der Waals surface area contributed by atoms with Gasteiger partial charge in [-0.05, 0) is 24.6 Å². The molecular weight excluding hydrogens is 247 g/mol. The lowest BCUT2D eigenvalue weighted by Crippen LogP contribution is -1.97. The van der Waals surface area contributed by atoms with Gasteiger partial charge >= 0.3 is 0 Å². The molecule has 3 heteroatoms. The molecular formula is C11H12BrFO. The lowest BCUT2D eigenvalue weighted by Gasteiger charge is -2.04. The van der Waals surface area contributed by atoms with Crippen LogP contribution in [0.25, 0.3) is 0 Å². The van der Waals surface area contributed by atoms with E-state index in [2.05, 4.69) is 22.5 Å². The lowest BCUT2D eigenvalue weighted by molar-refractivity contribution is 0.123. The summed E-state index contributed by atoms with van der Waals surface area (Å²) in [5, 5.41) is 0. The lowest BCUT2D eigenvalue weighted by atomic mass is 10.2. The van der Waals surface area contributed by atoms with Crippen molar-refractivity contribution in [2.75, 3.05) is 6.61 Å². The highest BCUT2D eigenvalue weighted by atomic mass is 79.9. The Kier molecular flexibility index (Phi) is 4.84. The van der Waals surface area contributed by atoms with Gasteiger partial charge in [-0.3, -0.25) is 0 Å². The van der Waals surface area contributed by atoms with Crippen molar-refractivity contribution in [1.82, 2.24) is 0 Å². The van der Waals surface area contributed by atoms with E-state index in [1.54, 1.807) is 18.2 Å². The summed E-state index contributed by atoms with van der Waals surface area (Å²) in [4.78, 5) is 0. The van der Waals surface area contributed by atoms with Gasteiger partial charge in [-0.15, -0.1) is 6.58 Å². The first kappa shape index (κ1) is 11.4. The van der Waals surface area contributed by atoms with Gasteiger partial charge < -0.3 is 4.74 Å². The first-order valence-electron chi connectivity index (χ1n) is 4.36. The molecule has 0 amide bonds. The third kappa shape index (κ3) is 3.60. The molecule has 14 heavy (non-hydrogen) atoms. The standard InChI is InChI=1S/C11H12BrFO/c1-2-3-6-14-8-9-7-10(12)4-5-11(9)13/h2,4-5,7H,1,3,6,8H2. The van der Waals surface area contributed by atoms with E-state index in [1.165, 1.54) is 6.07 Å². The Morgan fingerprint density at radius 3 is 3.00 bits per heavy atom. The largest absolute Gasteiger partial charge is 0.376 e. The zero-order valence-electron chi connectivity index (χ0n) is 7.80. The topological polar surface area (TPSA) is 9.23 Å². The van der Waals surface area contributed by atoms with E-state index in [4.69, 9.17) is 4.74 Å². The maximum atomic E-state index is 13.2. The van der Waals surface area contributed by atoms with Gasteiger partial charge in [0.2, 0.25) is 0 Å². The maximum Gasteiger partial charge on any atom is 0.128 e. The van der Waals surface area contributed by atoms with Crippen LogP contribution in [0.1, 0.15) is 12.0 Å². The number of rotatable bonds is 5. The first-order valence-corrected chi connectivity index (χ1v) is 5.16. The fraction of sp³-hybridized carbons (Fsp3) is 0.273. The summed E-state index contributed by atoms with van der Waals surface area (Å²) in [5.41, 5.74) is 0.573. The van der Waals surface area contributed by atoms with Crippen LogP contribution in [0.15, 0.2) is 35.3 Å². The maximum absolute atomic E-state index is 13.2. The third-order valence-electron chi connectivity index (χ3n) is 1.73. The van der Waals surface area contributed by atoms with Gasteiger partial charge in [0.05, 0.1) is 13.2 Å². The van der Waals surface area contributed by atoms with E-state index in [0.29, 0.717) is 18.8 Å². The minimum Gasteiger partial charge on any atom is -0.376 e. The second kappa shape index (κ2) is 5.94. The molecule has 0 spiro atoms. The van der Waals surface area contributed by atoms with Gasteiger partial charge in [0.25, 0.3) is 0 Å². The predicted molar refractivity (Wildman–Crippen MR) is 58.6 cm³/mol. The number of halogens is 2. The molecule has 1 aromatic rings. The van der Waals surface area contributed by atoms with Gasteiger partial charge in [-0.1, -0.05) is 22.0 Å². The second-order valence-corrected chi connectivity index (χ2v) is 3.78. The number of benzene rings is 1. The van der Waals surface area contributed by atoms with Crippen LogP contribution >= 0.6 is 15.9 Å². The molecule has 1 rings (SSSR count).